The molecule has 0 saturated carbocycles. The molecule has 24 heavy (non-hydrogen) atoms. The maximum atomic E-state index is 12.5. The van der Waals surface area contributed by atoms with Crippen LogP contribution in [0.4, 0.5) is 5.82 Å². The molecule has 5 nitrogen and oxygen atoms in total. The summed E-state index contributed by atoms with van der Waals surface area (Å²) < 4.78 is 0. The fraction of sp³-hybridized carbons (Fsp3) is 0.647. The molecule has 3 rings (SSSR count). The number of carbonyl (C=O) groups is 1. The molecular formula is C17H28Cl2N4O. The van der Waals surface area contributed by atoms with Gasteiger partial charge in [-0.3, -0.25) is 4.79 Å². The molecule has 0 spiro atoms. The minimum absolute atomic E-state index is 0. The van der Waals surface area contributed by atoms with Gasteiger partial charge in [-0.15, -0.1) is 24.8 Å². The van der Waals surface area contributed by atoms with Gasteiger partial charge in [-0.2, -0.15) is 0 Å². The first-order valence-corrected chi connectivity index (χ1v) is 8.41. The summed E-state index contributed by atoms with van der Waals surface area (Å²) in [7, 11) is 0. The zero-order chi connectivity index (χ0) is 15.5. The van der Waals surface area contributed by atoms with E-state index < -0.39 is 0 Å². The summed E-state index contributed by atoms with van der Waals surface area (Å²) in [6, 6.07) is 4.12. The number of pyridine rings is 1. The van der Waals surface area contributed by atoms with Gasteiger partial charge >= 0.3 is 0 Å². The predicted molar refractivity (Wildman–Crippen MR) is 102 cm³/mol. The zero-order valence-corrected chi connectivity index (χ0v) is 15.8. The molecule has 0 bridgehead atoms. The third-order valence-corrected chi connectivity index (χ3v) is 5.00. The molecule has 3 heterocycles. The lowest BCUT2D eigenvalue weighted by Gasteiger charge is -2.33. The van der Waals surface area contributed by atoms with Crippen LogP contribution in [0.1, 0.15) is 43.0 Å². The Kier molecular flexibility index (Phi) is 8.27. The normalized spacial score (nSPS) is 19.4. The molecule has 0 aromatic carbocycles. The minimum Gasteiger partial charge on any atom is -0.357 e. The number of rotatable bonds is 3. The van der Waals surface area contributed by atoms with E-state index in [0.29, 0.717) is 11.5 Å². The van der Waals surface area contributed by atoms with Crippen LogP contribution in [0.15, 0.2) is 18.3 Å². The third kappa shape index (κ3) is 4.74. The standard InChI is InChI=1S/C17H26N4O.2ClH/c1-13(18)14-6-10-21(11-7-14)17(22)15-4-5-16(19-12-15)20-8-2-3-9-20;;/h4-5,12-14H,2-3,6-11,18H2,1H3;2*1H. The molecule has 2 N–H and O–H groups in total. The van der Waals surface area contributed by atoms with Crippen LogP contribution in [0.25, 0.3) is 0 Å². The smallest absolute Gasteiger partial charge is 0.255 e. The van der Waals surface area contributed by atoms with Crippen molar-refractivity contribution in [1.82, 2.24) is 9.88 Å². The number of anilines is 1. The van der Waals surface area contributed by atoms with Crippen molar-refractivity contribution in [3.8, 4) is 0 Å². The van der Waals surface area contributed by atoms with Crippen molar-refractivity contribution >= 4 is 36.5 Å². The molecule has 7 heteroatoms. The zero-order valence-electron chi connectivity index (χ0n) is 14.2. The molecule has 1 amide bonds. The van der Waals surface area contributed by atoms with Gasteiger partial charge in [-0.25, -0.2) is 4.98 Å². The summed E-state index contributed by atoms with van der Waals surface area (Å²) >= 11 is 0. The molecule has 0 radical (unpaired) electrons. The fourth-order valence-electron chi connectivity index (χ4n) is 3.46. The SMILES string of the molecule is CC(N)C1CCN(C(=O)c2ccc(N3CCCC3)nc2)CC1.Cl.Cl. The molecule has 2 aliphatic heterocycles. The topological polar surface area (TPSA) is 62.5 Å². The average molecular weight is 375 g/mol. The van der Waals surface area contributed by atoms with E-state index in [9.17, 15) is 4.79 Å². The third-order valence-electron chi connectivity index (χ3n) is 5.00. The number of aromatic nitrogens is 1. The predicted octanol–water partition coefficient (Wildman–Crippen LogP) is 2.72. The number of carbonyl (C=O) groups excluding carboxylic acids is 1. The number of likely N-dealkylation sites (tertiary alicyclic amines) is 1. The number of nitrogens with zero attached hydrogens (tertiary/aromatic N) is 3. The van der Waals surface area contributed by atoms with Gasteiger partial charge in [0.15, 0.2) is 0 Å². The van der Waals surface area contributed by atoms with Crippen molar-refractivity contribution in [3.63, 3.8) is 0 Å². The van der Waals surface area contributed by atoms with Crippen molar-refractivity contribution < 1.29 is 4.79 Å². The highest BCUT2D eigenvalue weighted by Gasteiger charge is 2.25. The van der Waals surface area contributed by atoms with E-state index in [1.807, 2.05) is 17.0 Å². The van der Waals surface area contributed by atoms with E-state index in [4.69, 9.17) is 5.73 Å². The van der Waals surface area contributed by atoms with Crippen LogP contribution in [-0.2, 0) is 0 Å². The lowest BCUT2D eigenvalue weighted by Crippen LogP contribution is -2.42. The van der Waals surface area contributed by atoms with Crippen LogP contribution in [-0.4, -0.2) is 48.0 Å². The first kappa shape index (κ1) is 21.0. The van der Waals surface area contributed by atoms with Crippen molar-refractivity contribution in [2.75, 3.05) is 31.1 Å². The lowest BCUT2D eigenvalue weighted by atomic mass is 9.91. The molecule has 136 valence electrons. The Morgan fingerprint density at radius 3 is 2.29 bits per heavy atom. The Morgan fingerprint density at radius 2 is 1.79 bits per heavy atom. The number of hydrogen-bond acceptors (Lipinski definition) is 4. The van der Waals surface area contributed by atoms with Gasteiger partial charge in [0.25, 0.3) is 5.91 Å². The summed E-state index contributed by atoms with van der Waals surface area (Å²) in [6.07, 6.45) is 6.20. The summed E-state index contributed by atoms with van der Waals surface area (Å²) in [5.41, 5.74) is 6.65. The Labute approximate surface area is 156 Å². The van der Waals surface area contributed by atoms with Crippen LogP contribution in [0, 0.1) is 5.92 Å². The van der Waals surface area contributed by atoms with Crippen LogP contribution >= 0.6 is 24.8 Å². The Bertz CT molecular complexity index is 510. The number of nitrogens with two attached hydrogens (primary N) is 1. The summed E-state index contributed by atoms with van der Waals surface area (Å²) in [5.74, 6) is 1.63. The molecule has 1 unspecified atom stereocenters. The highest BCUT2D eigenvalue weighted by Crippen LogP contribution is 2.22. The lowest BCUT2D eigenvalue weighted by molar-refractivity contribution is 0.0680. The Balaban J connectivity index is 0.00000144. The first-order chi connectivity index (χ1) is 10.6. The van der Waals surface area contributed by atoms with Crippen LogP contribution in [0.5, 0.6) is 0 Å². The van der Waals surface area contributed by atoms with Gasteiger partial charge in [0, 0.05) is 38.4 Å². The molecule has 1 atom stereocenters. The van der Waals surface area contributed by atoms with E-state index in [1.54, 1.807) is 6.20 Å². The minimum atomic E-state index is 0. The number of halogens is 2. The van der Waals surface area contributed by atoms with Gasteiger partial charge in [-0.1, -0.05) is 0 Å². The van der Waals surface area contributed by atoms with Gasteiger partial charge in [-0.05, 0) is 50.7 Å². The van der Waals surface area contributed by atoms with Crippen molar-refractivity contribution in [2.24, 2.45) is 11.7 Å². The molecule has 0 aliphatic carbocycles. The summed E-state index contributed by atoms with van der Waals surface area (Å²) in [6.45, 7) is 5.82. The van der Waals surface area contributed by atoms with Crippen LogP contribution in [0.2, 0.25) is 0 Å². The Morgan fingerprint density at radius 1 is 1.17 bits per heavy atom. The van der Waals surface area contributed by atoms with Crippen LogP contribution in [0.3, 0.4) is 0 Å². The van der Waals surface area contributed by atoms with Crippen molar-refractivity contribution in [2.45, 2.75) is 38.6 Å². The van der Waals surface area contributed by atoms with Gasteiger partial charge in [0.1, 0.15) is 5.82 Å². The maximum Gasteiger partial charge on any atom is 0.255 e. The van der Waals surface area contributed by atoms with Gasteiger partial charge in [0.05, 0.1) is 5.56 Å². The molecule has 2 saturated heterocycles. The maximum absolute atomic E-state index is 12.5. The monoisotopic (exact) mass is 374 g/mol. The first-order valence-electron chi connectivity index (χ1n) is 8.41. The van der Waals surface area contributed by atoms with E-state index >= 15 is 0 Å². The average Bonchev–Trinajstić information content (AvgIpc) is 3.09. The van der Waals surface area contributed by atoms with E-state index in [0.717, 1.165) is 44.8 Å². The van der Waals surface area contributed by atoms with Crippen LogP contribution < -0.4 is 10.6 Å². The molecule has 1 aromatic rings. The highest BCUT2D eigenvalue weighted by molar-refractivity contribution is 5.94. The fourth-order valence-corrected chi connectivity index (χ4v) is 3.46. The van der Waals surface area contributed by atoms with E-state index in [2.05, 4.69) is 16.8 Å². The van der Waals surface area contributed by atoms with Gasteiger partial charge in [0.2, 0.25) is 0 Å². The summed E-state index contributed by atoms with van der Waals surface area (Å²) in [4.78, 5) is 21.2. The number of piperidine rings is 1. The Hall–Kier alpha value is -1.04. The number of amides is 1. The second-order valence-corrected chi connectivity index (χ2v) is 6.59. The van der Waals surface area contributed by atoms with Crippen molar-refractivity contribution in [3.05, 3.63) is 23.9 Å². The number of hydrogen-bond donors (Lipinski definition) is 1. The second-order valence-electron chi connectivity index (χ2n) is 6.59. The second kappa shape index (κ2) is 9.44. The van der Waals surface area contributed by atoms with Crippen molar-refractivity contribution in [1.29, 1.82) is 0 Å². The highest BCUT2D eigenvalue weighted by atomic mass is 35.5. The van der Waals surface area contributed by atoms with E-state index in [-0.39, 0.29) is 36.8 Å². The quantitative estimate of drug-likeness (QED) is 0.883. The van der Waals surface area contributed by atoms with Gasteiger partial charge < -0.3 is 15.5 Å². The van der Waals surface area contributed by atoms with E-state index in [1.165, 1.54) is 12.8 Å². The molecule has 1 aromatic heterocycles. The largest absolute Gasteiger partial charge is 0.357 e. The molecule has 2 aliphatic rings. The summed E-state index contributed by atoms with van der Waals surface area (Å²) in [5, 5.41) is 0. The molecular weight excluding hydrogens is 347 g/mol. The molecule has 2 fully saturated rings.